The summed E-state index contributed by atoms with van der Waals surface area (Å²) in [6.07, 6.45) is 2.13. The molecule has 0 aliphatic rings. The third-order valence-corrected chi connectivity index (χ3v) is 2.59. The summed E-state index contributed by atoms with van der Waals surface area (Å²) in [5.41, 5.74) is -0.0904. The van der Waals surface area contributed by atoms with Gasteiger partial charge in [-0.1, -0.05) is 0 Å². The summed E-state index contributed by atoms with van der Waals surface area (Å²) in [5.74, 6) is -2.93. The largest absolute Gasteiger partial charge is 0.505 e. The van der Waals surface area contributed by atoms with Gasteiger partial charge in [0.2, 0.25) is 0 Å². The maximum Gasteiger partial charge on any atom is 0.326 e. The van der Waals surface area contributed by atoms with E-state index in [1.807, 2.05) is 0 Å². The second-order valence-electron chi connectivity index (χ2n) is 4.10. The van der Waals surface area contributed by atoms with Crippen LogP contribution in [0.5, 0.6) is 5.75 Å². The van der Waals surface area contributed by atoms with E-state index in [-0.39, 0.29) is 30.8 Å². The predicted octanol–water partition coefficient (Wildman–Crippen LogP) is 0.313. The van der Waals surface area contributed by atoms with E-state index in [1.54, 1.807) is 6.92 Å². The van der Waals surface area contributed by atoms with Gasteiger partial charge < -0.3 is 20.3 Å². The summed E-state index contributed by atoms with van der Waals surface area (Å²) >= 11 is 0. The van der Waals surface area contributed by atoms with E-state index in [9.17, 15) is 19.5 Å². The second kappa shape index (κ2) is 7.83. The molecule has 8 nitrogen and oxygen atoms in total. The molecule has 1 aromatic rings. The van der Waals surface area contributed by atoms with Crippen molar-refractivity contribution in [3.05, 3.63) is 24.0 Å². The van der Waals surface area contributed by atoms with Crippen molar-refractivity contribution in [3.63, 3.8) is 0 Å². The maximum atomic E-state index is 11.9. The Morgan fingerprint density at radius 2 is 2.14 bits per heavy atom. The molecule has 21 heavy (non-hydrogen) atoms. The molecule has 0 aliphatic heterocycles. The number of carboxylic acid groups (broad SMARTS) is 1. The van der Waals surface area contributed by atoms with E-state index in [0.29, 0.717) is 0 Å². The number of ether oxygens (including phenoxy) is 1. The summed E-state index contributed by atoms with van der Waals surface area (Å²) in [6.45, 7) is 1.84. The summed E-state index contributed by atoms with van der Waals surface area (Å²) in [7, 11) is 0. The van der Waals surface area contributed by atoms with Gasteiger partial charge in [-0.05, 0) is 19.4 Å². The monoisotopic (exact) mass is 296 g/mol. The molecule has 1 amide bonds. The Kier molecular flexibility index (Phi) is 6.12. The van der Waals surface area contributed by atoms with Crippen LogP contribution in [-0.2, 0) is 14.3 Å². The summed E-state index contributed by atoms with van der Waals surface area (Å²) in [5, 5.41) is 20.8. The minimum absolute atomic E-state index is 0.0904. The molecular formula is C13H16N2O6. The van der Waals surface area contributed by atoms with E-state index in [1.165, 1.54) is 12.3 Å². The minimum Gasteiger partial charge on any atom is -0.505 e. The molecule has 0 aliphatic carbocycles. The Labute approximate surface area is 120 Å². The first-order chi connectivity index (χ1) is 9.95. The van der Waals surface area contributed by atoms with Gasteiger partial charge in [-0.15, -0.1) is 0 Å². The van der Waals surface area contributed by atoms with Gasteiger partial charge in [0.15, 0.2) is 0 Å². The topological polar surface area (TPSA) is 126 Å². The quantitative estimate of drug-likeness (QED) is 0.618. The number of carboxylic acids is 1. The van der Waals surface area contributed by atoms with E-state index >= 15 is 0 Å². The molecular weight excluding hydrogens is 280 g/mol. The zero-order valence-corrected chi connectivity index (χ0v) is 11.4. The van der Waals surface area contributed by atoms with Crippen molar-refractivity contribution < 1.29 is 29.3 Å². The number of rotatable bonds is 7. The molecule has 0 radical (unpaired) electrons. The molecule has 3 N–H and O–H groups in total. The minimum atomic E-state index is -1.28. The first-order valence-electron chi connectivity index (χ1n) is 6.28. The number of nitrogens with one attached hydrogen (secondary N) is 1. The van der Waals surface area contributed by atoms with Crippen molar-refractivity contribution in [2.45, 2.75) is 25.8 Å². The lowest BCUT2D eigenvalue weighted by atomic mass is 10.1. The van der Waals surface area contributed by atoms with Crippen LogP contribution in [0.25, 0.3) is 0 Å². The summed E-state index contributed by atoms with van der Waals surface area (Å²) in [4.78, 5) is 37.8. The normalized spacial score (nSPS) is 11.5. The maximum absolute atomic E-state index is 11.9. The highest BCUT2D eigenvalue weighted by atomic mass is 16.5. The highest BCUT2D eigenvalue weighted by Crippen LogP contribution is 2.14. The number of hydrogen-bond acceptors (Lipinski definition) is 6. The number of carbonyl (C=O) groups is 3. The van der Waals surface area contributed by atoms with Gasteiger partial charge >= 0.3 is 11.9 Å². The second-order valence-corrected chi connectivity index (χ2v) is 4.10. The molecule has 1 atom stereocenters. The van der Waals surface area contributed by atoms with E-state index < -0.39 is 23.9 Å². The highest BCUT2D eigenvalue weighted by molar-refractivity contribution is 5.98. The zero-order valence-electron chi connectivity index (χ0n) is 11.4. The summed E-state index contributed by atoms with van der Waals surface area (Å²) in [6, 6.07) is 0.00373. The van der Waals surface area contributed by atoms with Crippen LogP contribution in [0.4, 0.5) is 0 Å². The number of amides is 1. The molecule has 0 saturated carbocycles. The van der Waals surface area contributed by atoms with Gasteiger partial charge in [-0.2, -0.15) is 0 Å². The van der Waals surface area contributed by atoms with Gasteiger partial charge in [0.1, 0.15) is 11.8 Å². The van der Waals surface area contributed by atoms with Crippen LogP contribution in [0.3, 0.4) is 0 Å². The van der Waals surface area contributed by atoms with Gasteiger partial charge in [0.05, 0.1) is 18.4 Å². The number of nitrogens with zero attached hydrogens (tertiary/aromatic N) is 1. The Hall–Kier alpha value is -2.64. The third kappa shape index (κ3) is 5.09. The highest BCUT2D eigenvalue weighted by Gasteiger charge is 2.23. The van der Waals surface area contributed by atoms with Crippen molar-refractivity contribution in [1.82, 2.24) is 10.3 Å². The number of aromatic hydroxyl groups is 1. The van der Waals surface area contributed by atoms with Crippen molar-refractivity contribution in [2.75, 3.05) is 6.61 Å². The Morgan fingerprint density at radius 1 is 1.43 bits per heavy atom. The van der Waals surface area contributed by atoms with E-state index in [2.05, 4.69) is 15.0 Å². The smallest absolute Gasteiger partial charge is 0.326 e. The van der Waals surface area contributed by atoms with Gasteiger partial charge in [0.25, 0.3) is 5.91 Å². The summed E-state index contributed by atoms with van der Waals surface area (Å²) < 4.78 is 4.69. The standard InChI is InChI=1S/C13H16N2O6/c1-2-21-11(17)4-3-9(13(19)20)15-12(18)8-5-6-14-7-10(8)16/h5-7,9,16H,2-4H2,1H3,(H,15,18)(H,19,20)/t9-/m0/s1. The van der Waals surface area contributed by atoms with Crippen LogP contribution in [0.1, 0.15) is 30.1 Å². The average molecular weight is 296 g/mol. The van der Waals surface area contributed by atoms with Crippen LogP contribution in [0, 0.1) is 0 Å². The lowest BCUT2D eigenvalue weighted by Crippen LogP contribution is -2.41. The number of aromatic nitrogens is 1. The molecule has 1 aromatic heterocycles. The number of carbonyl (C=O) groups excluding carboxylic acids is 2. The van der Waals surface area contributed by atoms with E-state index in [0.717, 1.165) is 6.20 Å². The van der Waals surface area contributed by atoms with Crippen LogP contribution in [0.15, 0.2) is 18.5 Å². The number of hydrogen-bond donors (Lipinski definition) is 3. The van der Waals surface area contributed by atoms with E-state index in [4.69, 9.17) is 5.11 Å². The van der Waals surface area contributed by atoms with Gasteiger partial charge in [-0.25, -0.2) is 4.79 Å². The molecule has 0 fully saturated rings. The Bertz CT molecular complexity index is 531. The lowest BCUT2D eigenvalue weighted by Gasteiger charge is -2.14. The van der Waals surface area contributed by atoms with Crippen molar-refractivity contribution in [3.8, 4) is 5.75 Å². The van der Waals surface area contributed by atoms with Crippen LogP contribution < -0.4 is 5.32 Å². The average Bonchev–Trinajstić information content (AvgIpc) is 2.43. The zero-order chi connectivity index (χ0) is 15.8. The fourth-order valence-corrected chi connectivity index (χ4v) is 1.57. The molecule has 0 unspecified atom stereocenters. The molecule has 0 aromatic carbocycles. The van der Waals surface area contributed by atoms with Crippen molar-refractivity contribution in [1.29, 1.82) is 0 Å². The van der Waals surface area contributed by atoms with Crippen LogP contribution in [-0.4, -0.2) is 45.7 Å². The van der Waals surface area contributed by atoms with Crippen molar-refractivity contribution in [2.24, 2.45) is 0 Å². The van der Waals surface area contributed by atoms with Crippen LogP contribution >= 0.6 is 0 Å². The fourth-order valence-electron chi connectivity index (χ4n) is 1.57. The molecule has 8 heteroatoms. The first kappa shape index (κ1) is 16.4. The van der Waals surface area contributed by atoms with Gasteiger partial charge in [-0.3, -0.25) is 14.6 Å². The number of esters is 1. The van der Waals surface area contributed by atoms with Crippen molar-refractivity contribution >= 4 is 17.8 Å². The molecule has 1 heterocycles. The molecule has 114 valence electrons. The SMILES string of the molecule is CCOC(=O)CC[C@H](NC(=O)c1ccncc1O)C(=O)O. The Morgan fingerprint density at radius 3 is 2.71 bits per heavy atom. The number of aliphatic carboxylic acids is 1. The molecule has 0 saturated heterocycles. The number of pyridine rings is 1. The molecule has 0 spiro atoms. The molecule has 0 bridgehead atoms. The third-order valence-electron chi connectivity index (χ3n) is 2.59. The van der Waals surface area contributed by atoms with Crippen LogP contribution in [0.2, 0.25) is 0 Å². The fraction of sp³-hybridized carbons (Fsp3) is 0.385. The Balaban J connectivity index is 2.66. The lowest BCUT2D eigenvalue weighted by molar-refractivity contribution is -0.144. The first-order valence-corrected chi connectivity index (χ1v) is 6.28. The molecule has 1 rings (SSSR count). The van der Waals surface area contributed by atoms with Gasteiger partial charge in [0, 0.05) is 12.6 Å². The predicted molar refractivity (Wildman–Crippen MR) is 70.7 cm³/mol.